The maximum atomic E-state index is 12.7. The third-order valence-electron chi connectivity index (χ3n) is 5.71. The van der Waals surface area contributed by atoms with Gasteiger partial charge in [-0.15, -0.1) is 0 Å². The summed E-state index contributed by atoms with van der Waals surface area (Å²) >= 11 is 0. The summed E-state index contributed by atoms with van der Waals surface area (Å²) in [7, 11) is 0. The number of carbonyl (C=O) groups is 2. The standard InChI is InChI=1S/C25H20N2O5/c28-22(29)20(17-11-13-19(14-12-17)31-15-16-7-3-1-4-8-16)25-23(30)26-24(25)32-21(27-25)18-9-5-2-6-10-18/h1-14,20,24H,15H2,(H,26,30)(H,28,29). The van der Waals surface area contributed by atoms with Crippen LogP contribution in [0, 0.1) is 0 Å². The Labute approximate surface area is 184 Å². The van der Waals surface area contributed by atoms with Crippen molar-refractivity contribution in [2.75, 3.05) is 0 Å². The van der Waals surface area contributed by atoms with Crippen molar-refractivity contribution in [1.82, 2.24) is 5.32 Å². The monoisotopic (exact) mass is 428 g/mol. The number of nitrogens with one attached hydrogen (secondary N) is 1. The number of aliphatic imine (C=N–C) groups is 1. The van der Waals surface area contributed by atoms with E-state index >= 15 is 0 Å². The molecule has 5 rings (SSSR count). The minimum Gasteiger partial charge on any atom is -0.489 e. The number of ether oxygens (including phenoxy) is 2. The van der Waals surface area contributed by atoms with Crippen LogP contribution < -0.4 is 10.1 Å². The fraction of sp³-hybridized carbons (Fsp3) is 0.160. The molecule has 3 aromatic carbocycles. The molecule has 160 valence electrons. The maximum absolute atomic E-state index is 12.7. The van der Waals surface area contributed by atoms with Gasteiger partial charge in [-0.05, 0) is 35.4 Å². The zero-order valence-electron chi connectivity index (χ0n) is 17.0. The van der Waals surface area contributed by atoms with Gasteiger partial charge in [0.2, 0.25) is 17.7 Å². The van der Waals surface area contributed by atoms with Crippen molar-refractivity contribution in [1.29, 1.82) is 0 Å². The molecule has 3 aromatic rings. The highest BCUT2D eigenvalue weighted by Crippen LogP contribution is 2.45. The largest absolute Gasteiger partial charge is 0.489 e. The molecule has 2 N–H and O–H groups in total. The second-order valence-corrected chi connectivity index (χ2v) is 7.69. The summed E-state index contributed by atoms with van der Waals surface area (Å²) in [5, 5.41) is 12.7. The highest BCUT2D eigenvalue weighted by atomic mass is 16.5. The topological polar surface area (TPSA) is 97.2 Å². The average Bonchev–Trinajstić information content (AvgIpc) is 3.13. The quantitative estimate of drug-likeness (QED) is 0.564. The lowest BCUT2D eigenvalue weighted by atomic mass is 9.73. The van der Waals surface area contributed by atoms with Crippen LogP contribution in [0.5, 0.6) is 5.75 Å². The van der Waals surface area contributed by atoms with Gasteiger partial charge in [0.05, 0.1) is 0 Å². The van der Waals surface area contributed by atoms with Crippen LogP contribution in [0.15, 0.2) is 89.9 Å². The van der Waals surface area contributed by atoms with E-state index in [9.17, 15) is 14.7 Å². The SMILES string of the molecule is O=C(O)C(c1ccc(OCc2ccccc2)cc1)C12N=C(c3ccccc3)OC1NC2=O. The smallest absolute Gasteiger partial charge is 0.314 e. The van der Waals surface area contributed by atoms with Gasteiger partial charge in [-0.2, -0.15) is 0 Å². The molecule has 2 heterocycles. The second-order valence-electron chi connectivity index (χ2n) is 7.69. The van der Waals surface area contributed by atoms with Crippen LogP contribution in [0.2, 0.25) is 0 Å². The van der Waals surface area contributed by atoms with Gasteiger partial charge in [-0.25, -0.2) is 4.99 Å². The van der Waals surface area contributed by atoms with Crippen molar-refractivity contribution in [3.63, 3.8) is 0 Å². The van der Waals surface area contributed by atoms with Gasteiger partial charge in [-0.1, -0.05) is 60.7 Å². The number of aliphatic carboxylic acids is 1. The van der Waals surface area contributed by atoms with E-state index in [4.69, 9.17) is 9.47 Å². The zero-order valence-corrected chi connectivity index (χ0v) is 17.0. The molecular weight excluding hydrogens is 408 g/mol. The number of carboxylic acid groups (broad SMARTS) is 1. The minimum atomic E-state index is -1.55. The molecule has 7 heteroatoms. The van der Waals surface area contributed by atoms with Gasteiger partial charge in [0.15, 0.2) is 0 Å². The highest BCUT2D eigenvalue weighted by molar-refractivity contribution is 6.07. The van der Waals surface area contributed by atoms with E-state index in [1.807, 2.05) is 48.5 Å². The Hall–Kier alpha value is -4.13. The van der Waals surface area contributed by atoms with Crippen LogP contribution in [0.25, 0.3) is 0 Å². The average molecular weight is 428 g/mol. The van der Waals surface area contributed by atoms with E-state index in [-0.39, 0.29) is 5.90 Å². The first-order valence-electron chi connectivity index (χ1n) is 10.2. The van der Waals surface area contributed by atoms with Crippen LogP contribution in [-0.2, 0) is 20.9 Å². The molecule has 2 aliphatic rings. The fourth-order valence-electron chi connectivity index (χ4n) is 4.06. The van der Waals surface area contributed by atoms with Crippen LogP contribution in [0.4, 0.5) is 0 Å². The Morgan fingerprint density at radius 1 is 1.03 bits per heavy atom. The number of nitrogens with zero attached hydrogens (tertiary/aromatic N) is 1. The molecule has 3 unspecified atom stereocenters. The second kappa shape index (κ2) is 7.85. The number of hydrogen-bond acceptors (Lipinski definition) is 5. The van der Waals surface area contributed by atoms with Crippen molar-refractivity contribution in [2.24, 2.45) is 4.99 Å². The summed E-state index contributed by atoms with van der Waals surface area (Å²) in [5.41, 5.74) is 0.609. The van der Waals surface area contributed by atoms with Gasteiger partial charge in [0.1, 0.15) is 18.3 Å². The summed E-state index contributed by atoms with van der Waals surface area (Å²) in [6, 6.07) is 25.6. The molecule has 0 radical (unpaired) electrons. The number of amides is 1. The summed E-state index contributed by atoms with van der Waals surface area (Å²) < 4.78 is 11.6. The predicted octanol–water partition coefficient (Wildman–Crippen LogP) is 3.11. The van der Waals surface area contributed by atoms with E-state index in [0.717, 1.165) is 5.56 Å². The van der Waals surface area contributed by atoms with Crippen molar-refractivity contribution in [3.05, 3.63) is 102 Å². The maximum Gasteiger partial charge on any atom is 0.314 e. The number of carboxylic acids is 1. The number of fused-ring (bicyclic) bond motifs is 1. The molecule has 2 aliphatic heterocycles. The molecule has 0 saturated carbocycles. The van der Waals surface area contributed by atoms with Crippen LogP contribution in [0.1, 0.15) is 22.6 Å². The van der Waals surface area contributed by atoms with E-state index in [0.29, 0.717) is 23.5 Å². The molecule has 32 heavy (non-hydrogen) atoms. The van der Waals surface area contributed by atoms with Crippen LogP contribution in [0.3, 0.4) is 0 Å². The molecule has 1 amide bonds. The van der Waals surface area contributed by atoms with Crippen molar-refractivity contribution in [3.8, 4) is 5.75 Å². The third-order valence-corrected chi connectivity index (χ3v) is 5.71. The molecule has 1 fully saturated rings. The van der Waals surface area contributed by atoms with Gasteiger partial charge in [0.25, 0.3) is 5.91 Å². The van der Waals surface area contributed by atoms with Crippen LogP contribution in [-0.4, -0.2) is 34.6 Å². The van der Waals surface area contributed by atoms with E-state index in [2.05, 4.69) is 10.3 Å². The molecule has 0 spiro atoms. The van der Waals surface area contributed by atoms with Crippen molar-refractivity contribution >= 4 is 17.8 Å². The number of β-lactam (4-membered cyclic amide) rings is 1. The molecule has 3 atom stereocenters. The number of benzene rings is 3. The van der Waals surface area contributed by atoms with E-state index in [1.165, 1.54) is 0 Å². The van der Waals surface area contributed by atoms with E-state index in [1.54, 1.807) is 36.4 Å². The van der Waals surface area contributed by atoms with E-state index < -0.39 is 29.6 Å². The van der Waals surface area contributed by atoms with Crippen molar-refractivity contribution < 1.29 is 24.2 Å². The number of carbonyl (C=O) groups excluding carboxylic acids is 1. The summed E-state index contributed by atoms with van der Waals surface area (Å²) in [6.45, 7) is 0.398. The fourth-order valence-corrected chi connectivity index (χ4v) is 4.06. The highest BCUT2D eigenvalue weighted by Gasteiger charge is 2.68. The Bertz CT molecular complexity index is 1180. The molecule has 7 nitrogen and oxygen atoms in total. The normalized spacial score (nSPS) is 21.9. The Kier molecular flexibility index (Phi) is 4.86. The Balaban J connectivity index is 1.42. The molecule has 0 aliphatic carbocycles. The summed E-state index contributed by atoms with van der Waals surface area (Å²) in [6.07, 6.45) is -0.833. The van der Waals surface area contributed by atoms with Gasteiger partial charge < -0.3 is 19.9 Å². The predicted molar refractivity (Wildman–Crippen MR) is 116 cm³/mol. The Morgan fingerprint density at radius 3 is 2.31 bits per heavy atom. The lowest BCUT2D eigenvalue weighted by molar-refractivity contribution is -0.156. The number of rotatable bonds is 7. The summed E-state index contributed by atoms with van der Waals surface area (Å²) in [4.78, 5) is 29.5. The first-order chi connectivity index (χ1) is 15.6. The molecular formula is C25H20N2O5. The van der Waals surface area contributed by atoms with Crippen molar-refractivity contribution in [2.45, 2.75) is 24.3 Å². The molecule has 1 saturated heterocycles. The Morgan fingerprint density at radius 2 is 1.69 bits per heavy atom. The zero-order chi connectivity index (χ0) is 22.1. The molecule has 0 aromatic heterocycles. The first kappa shape index (κ1) is 19.8. The van der Waals surface area contributed by atoms with Gasteiger partial charge in [0, 0.05) is 5.56 Å². The van der Waals surface area contributed by atoms with Crippen LogP contribution >= 0.6 is 0 Å². The lowest BCUT2D eigenvalue weighted by Crippen LogP contribution is -2.73. The number of hydrogen-bond donors (Lipinski definition) is 2. The summed E-state index contributed by atoms with van der Waals surface area (Å²) in [5.74, 6) is -1.96. The molecule has 0 bridgehead atoms. The minimum absolute atomic E-state index is 0.253. The van der Waals surface area contributed by atoms with Gasteiger partial charge in [-0.3, -0.25) is 9.59 Å². The lowest BCUT2D eigenvalue weighted by Gasteiger charge is -2.43. The third kappa shape index (κ3) is 3.28. The van der Waals surface area contributed by atoms with Gasteiger partial charge >= 0.3 is 5.97 Å². The first-order valence-corrected chi connectivity index (χ1v) is 10.2.